The largest absolute Gasteiger partial charge is 0.306 e. The summed E-state index contributed by atoms with van der Waals surface area (Å²) in [5.41, 5.74) is 1.65. The third-order valence-corrected chi connectivity index (χ3v) is 3.35. The van der Waals surface area contributed by atoms with E-state index in [0.29, 0.717) is 13.0 Å². The van der Waals surface area contributed by atoms with Crippen LogP contribution >= 0.6 is 0 Å². The van der Waals surface area contributed by atoms with Gasteiger partial charge in [-0.15, -0.1) is 0 Å². The molecule has 0 radical (unpaired) electrons. The normalized spacial score (nSPS) is 10.6. The van der Waals surface area contributed by atoms with Gasteiger partial charge in [-0.25, -0.2) is 0 Å². The topological polar surface area (TPSA) is 74.6 Å². The van der Waals surface area contributed by atoms with E-state index >= 15 is 0 Å². The molecule has 0 aliphatic heterocycles. The molecule has 1 heterocycles. The maximum absolute atomic E-state index is 12.2. The van der Waals surface area contributed by atoms with Crippen molar-refractivity contribution in [2.24, 2.45) is 0 Å². The van der Waals surface area contributed by atoms with E-state index in [1.54, 1.807) is 12.4 Å². The first-order chi connectivity index (χ1) is 10.0. The Morgan fingerprint density at radius 1 is 1.19 bits per heavy atom. The first-order valence-corrected chi connectivity index (χ1v) is 7.03. The number of benzene rings is 1. The van der Waals surface area contributed by atoms with E-state index in [-0.39, 0.29) is 16.9 Å². The van der Waals surface area contributed by atoms with Crippen molar-refractivity contribution >= 4 is 5.84 Å². The molecule has 5 heteroatoms. The van der Waals surface area contributed by atoms with Gasteiger partial charge in [-0.1, -0.05) is 36.8 Å². The lowest BCUT2D eigenvalue weighted by molar-refractivity contribution is 0.705. The number of aryl methyl sites for hydroxylation is 1. The summed E-state index contributed by atoms with van der Waals surface area (Å²) in [7, 11) is 0. The summed E-state index contributed by atoms with van der Waals surface area (Å²) in [6.45, 7) is 4.42. The minimum atomic E-state index is -0.376. The average molecular weight is 284 g/mol. The molecule has 0 aliphatic rings. The highest BCUT2D eigenvalue weighted by atomic mass is 16.1. The van der Waals surface area contributed by atoms with E-state index in [9.17, 15) is 4.79 Å². The number of hydrogen-bond donors (Lipinski definition) is 2. The second-order valence-electron chi connectivity index (χ2n) is 5.13. The van der Waals surface area contributed by atoms with Crippen molar-refractivity contribution in [3.05, 3.63) is 63.6 Å². The molecular formula is C16H20N4O. The Morgan fingerprint density at radius 2 is 1.86 bits per heavy atom. The van der Waals surface area contributed by atoms with Gasteiger partial charge in [-0.3, -0.25) is 20.2 Å². The highest BCUT2D eigenvalue weighted by molar-refractivity contribution is 5.80. The Balaban J connectivity index is 2.33. The highest BCUT2D eigenvalue weighted by Crippen LogP contribution is 2.04. The van der Waals surface area contributed by atoms with Gasteiger partial charge in [0.1, 0.15) is 5.84 Å². The van der Waals surface area contributed by atoms with Crippen LogP contribution in [0, 0.1) is 17.7 Å². The van der Waals surface area contributed by atoms with Crippen molar-refractivity contribution in [2.75, 3.05) is 0 Å². The zero-order valence-electron chi connectivity index (χ0n) is 12.4. The van der Waals surface area contributed by atoms with Crippen LogP contribution in [0.3, 0.4) is 0 Å². The monoisotopic (exact) mass is 284 g/mol. The van der Waals surface area contributed by atoms with Crippen molar-refractivity contribution in [2.45, 2.75) is 33.2 Å². The van der Waals surface area contributed by atoms with Crippen molar-refractivity contribution in [1.82, 2.24) is 9.13 Å². The fourth-order valence-electron chi connectivity index (χ4n) is 2.13. The van der Waals surface area contributed by atoms with Gasteiger partial charge in [0, 0.05) is 18.8 Å². The molecule has 0 bridgehead atoms. The van der Waals surface area contributed by atoms with E-state index in [4.69, 9.17) is 10.8 Å². The quantitative estimate of drug-likeness (QED) is 0.655. The van der Waals surface area contributed by atoms with E-state index in [1.165, 1.54) is 14.7 Å². The second-order valence-corrected chi connectivity index (χ2v) is 5.13. The maximum atomic E-state index is 12.2. The SMILES string of the molecule is CCCC(=N)n1ccn(Cc2ccc(C)cc2)c(=O)c1=N. The number of nitrogens with zero attached hydrogens (tertiary/aromatic N) is 2. The molecular weight excluding hydrogens is 264 g/mol. The van der Waals surface area contributed by atoms with Gasteiger partial charge in [0.2, 0.25) is 0 Å². The van der Waals surface area contributed by atoms with Crippen LogP contribution in [-0.4, -0.2) is 15.0 Å². The number of rotatable bonds is 4. The summed E-state index contributed by atoms with van der Waals surface area (Å²) in [6.07, 6.45) is 4.63. The Labute approximate surface area is 123 Å². The van der Waals surface area contributed by atoms with E-state index in [0.717, 1.165) is 12.0 Å². The van der Waals surface area contributed by atoms with Crippen molar-refractivity contribution in [3.8, 4) is 0 Å². The Morgan fingerprint density at radius 3 is 2.48 bits per heavy atom. The molecule has 0 fully saturated rings. The van der Waals surface area contributed by atoms with Gasteiger partial charge in [0.05, 0.1) is 6.54 Å². The molecule has 1 aromatic heterocycles. The first kappa shape index (κ1) is 15.0. The van der Waals surface area contributed by atoms with Crippen LogP contribution in [0.1, 0.15) is 30.9 Å². The van der Waals surface area contributed by atoms with Gasteiger partial charge < -0.3 is 4.57 Å². The molecule has 110 valence electrons. The number of nitrogens with one attached hydrogen (secondary N) is 2. The maximum Gasteiger partial charge on any atom is 0.293 e. The third kappa shape index (κ3) is 3.37. The summed E-state index contributed by atoms with van der Waals surface area (Å²) < 4.78 is 2.85. The first-order valence-electron chi connectivity index (χ1n) is 7.03. The summed E-state index contributed by atoms with van der Waals surface area (Å²) >= 11 is 0. The molecule has 1 aromatic carbocycles. The van der Waals surface area contributed by atoms with Gasteiger partial charge in [0.15, 0.2) is 5.49 Å². The number of aromatic nitrogens is 2. The van der Waals surface area contributed by atoms with Gasteiger partial charge in [0.25, 0.3) is 5.56 Å². The zero-order chi connectivity index (χ0) is 15.4. The molecule has 0 saturated carbocycles. The van der Waals surface area contributed by atoms with Crippen LogP contribution in [0.25, 0.3) is 0 Å². The zero-order valence-corrected chi connectivity index (χ0v) is 12.4. The summed E-state index contributed by atoms with van der Waals surface area (Å²) in [5.74, 6) is 0.280. The summed E-state index contributed by atoms with van der Waals surface area (Å²) in [4.78, 5) is 12.2. The summed E-state index contributed by atoms with van der Waals surface area (Å²) in [5, 5.41) is 15.8. The van der Waals surface area contributed by atoms with Crippen molar-refractivity contribution in [3.63, 3.8) is 0 Å². The molecule has 0 amide bonds. The molecule has 0 spiro atoms. The predicted molar refractivity (Wildman–Crippen MR) is 82.9 cm³/mol. The van der Waals surface area contributed by atoms with Crippen molar-refractivity contribution in [1.29, 1.82) is 10.8 Å². The third-order valence-electron chi connectivity index (χ3n) is 3.35. The van der Waals surface area contributed by atoms with Crippen LogP contribution in [0.4, 0.5) is 0 Å². The standard InChI is InChI=1S/C16H20N4O/c1-3-4-14(17)20-10-9-19(16(21)15(20)18)11-13-7-5-12(2)6-8-13/h5-10,17-18H,3-4,11H2,1-2H3. The molecule has 21 heavy (non-hydrogen) atoms. The smallest absolute Gasteiger partial charge is 0.293 e. The lowest BCUT2D eigenvalue weighted by atomic mass is 10.1. The summed E-state index contributed by atoms with van der Waals surface area (Å²) in [6, 6.07) is 7.96. The van der Waals surface area contributed by atoms with Gasteiger partial charge >= 0.3 is 0 Å². The fraction of sp³-hybridized carbons (Fsp3) is 0.312. The lowest BCUT2D eigenvalue weighted by Crippen LogP contribution is -2.43. The van der Waals surface area contributed by atoms with Gasteiger partial charge in [-0.05, 0) is 18.9 Å². The second kappa shape index (κ2) is 6.35. The highest BCUT2D eigenvalue weighted by Gasteiger charge is 2.06. The van der Waals surface area contributed by atoms with Crippen LogP contribution < -0.4 is 11.0 Å². The fourth-order valence-corrected chi connectivity index (χ4v) is 2.13. The van der Waals surface area contributed by atoms with E-state index in [1.807, 2.05) is 38.1 Å². The van der Waals surface area contributed by atoms with Crippen LogP contribution in [0.2, 0.25) is 0 Å². The Kier molecular flexibility index (Phi) is 4.52. The molecule has 0 atom stereocenters. The molecule has 5 nitrogen and oxygen atoms in total. The Hall–Kier alpha value is -2.43. The van der Waals surface area contributed by atoms with Crippen LogP contribution in [-0.2, 0) is 6.54 Å². The van der Waals surface area contributed by atoms with Crippen LogP contribution in [0.15, 0.2) is 41.5 Å². The minimum Gasteiger partial charge on any atom is -0.306 e. The molecule has 2 N–H and O–H groups in total. The van der Waals surface area contributed by atoms with Crippen molar-refractivity contribution < 1.29 is 0 Å². The average Bonchev–Trinajstić information content (AvgIpc) is 2.46. The molecule has 0 unspecified atom stereocenters. The van der Waals surface area contributed by atoms with Gasteiger partial charge in [-0.2, -0.15) is 0 Å². The molecule has 0 saturated heterocycles. The van der Waals surface area contributed by atoms with E-state index in [2.05, 4.69) is 0 Å². The minimum absolute atomic E-state index is 0.164. The molecule has 2 aromatic rings. The Bertz CT molecular complexity index is 753. The predicted octanol–water partition coefficient (Wildman–Crippen LogP) is 2.11. The molecule has 2 rings (SSSR count). The lowest BCUT2D eigenvalue weighted by Gasteiger charge is -2.11. The molecule has 0 aliphatic carbocycles. The van der Waals surface area contributed by atoms with E-state index < -0.39 is 0 Å². The number of hydrogen-bond acceptors (Lipinski definition) is 3. The van der Waals surface area contributed by atoms with Crippen LogP contribution in [0.5, 0.6) is 0 Å².